The lowest BCUT2D eigenvalue weighted by atomic mass is 9.87. The molecule has 0 saturated heterocycles. The van der Waals surface area contributed by atoms with Crippen LogP contribution < -0.4 is 5.73 Å². The van der Waals surface area contributed by atoms with Crippen LogP contribution >= 0.6 is 11.6 Å². The first-order valence-corrected chi connectivity index (χ1v) is 7.19. The average molecular weight is 301 g/mol. The van der Waals surface area contributed by atoms with Gasteiger partial charge in [0, 0.05) is 5.69 Å². The van der Waals surface area contributed by atoms with Gasteiger partial charge < -0.3 is 10.2 Å². The van der Waals surface area contributed by atoms with Gasteiger partial charge in [0.25, 0.3) is 0 Å². The van der Waals surface area contributed by atoms with E-state index in [2.05, 4.69) is 37.9 Å². The SMILES string of the molecule is CC(C)(C)c1ccc2oc(-c3ccc(N)cc3Cl)nc2c1. The standard InChI is InChI=1S/C17H17ClN2O/c1-17(2,3)10-4-7-15-14(8-10)20-16(21-15)12-6-5-11(19)9-13(12)18/h4-9H,19H2,1-3H3. The predicted octanol–water partition coefficient (Wildman–Crippen LogP) is 5.03. The largest absolute Gasteiger partial charge is 0.436 e. The molecule has 0 unspecified atom stereocenters. The Morgan fingerprint density at radius 2 is 1.86 bits per heavy atom. The van der Waals surface area contributed by atoms with Gasteiger partial charge in [-0.3, -0.25) is 0 Å². The molecule has 2 aromatic carbocycles. The van der Waals surface area contributed by atoms with Gasteiger partial charge in [0.2, 0.25) is 5.89 Å². The molecule has 1 aromatic heterocycles. The fraction of sp³-hybridized carbons (Fsp3) is 0.235. The lowest BCUT2D eigenvalue weighted by Gasteiger charge is -2.18. The number of nitrogens with zero attached hydrogens (tertiary/aromatic N) is 1. The normalized spacial score (nSPS) is 12.0. The van der Waals surface area contributed by atoms with Gasteiger partial charge in [-0.05, 0) is 41.3 Å². The van der Waals surface area contributed by atoms with Crippen molar-refractivity contribution in [2.75, 3.05) is 5.73 Å². The molecule has 0 saturated carbocycles. The first-order chi connectivity index (χ1) is 9.84. The summed E-state index contributed by atoms with van der Waals surface area (Å²) in [5.41, 5.74) is 9.97. The highest BCUT2D eigenvalue weighted by molar-refractivity contribution is 6.33. The maximum Gasteiger partial charge on any atom is 0.228 e. The second kappa shape index (κ2) is 4.78. The van der Waals surface area contributed by atoms with E-state index in [0.29, 0.717) is 16.6 Å². The number of nitrogen functional groups attached to an aromatic ring is 1. The highest BCUT2D eigenvalue weighted by Crippen LogP contribution is 2.33. The summed E-state index contributed by atoms with van der Waals surface area (Å²) in [6.07, 6.45) is 0. The molecular weight excluding hydrogens is 284 g/mol. The Bertz CT molecular complexity index is 815. The van der Waals surface area contributed by atoms with Crippen LogP contribution in [0, 0.1) is 0 Å². The molecule has 0 aliphatic carbocycles. The molecule has 0 fully saturated rings. The third kappa shape index (κ3) is 2.61. The molecule has 0 radical (unpaired) electrons. The minimum absolute atomic E-state index is 0.0755. The number of benzene rings is 2. The zero-order chi connectivity index (χ0) is 15.2. The number of hydrogen-bond donors (Lipinski definition) is 1. The number of aromatic nitrogens is 1. The second-order valence-corrected chi connectivity index (χ2v) is 6.60. The molecule has 3 rings (SSSR count). The summed E-state index contributed by atoms with van der Waals surface area (Å²) in [5, 5.41) is 0.539. The Morgan fingerprint density at radius 1 is 1.10 bits per heavy atom. The van der Waals surface area contributed by atoms with Gasteiger partial charge in [0.15, 0.2) is 5.58 Å². The van der Waals surface area contributed by atoms with Crippen LogP contribution in [-0.4, -0.2) is 4.98 Å². The van der Waals surface area contributed by atoms with Crippen molar-refractivity contribution in [3.8, 4) is 11.5 Å². The van der Waals surface area contributed by atoms with E-state index in [1.165, 1.54) is 5.56 Å². The average Bonchev–Trinajstić information content (AvgIpc) is 2.79. The van der Waals surface area contributed by atoms with Crippen LogP contribution in [0.3, 0.4) is 0 Å². The molecule has 21 heavy (non-hydrogen) atoms. The van der Waals surface area contributed by atoms with E-state index in [9.17, 15) is 0 Å². The highest BCUT2D eigenvalue weighted by Gasteiger charge is 2.17. The summed E-state index contributed by atoms with van der Waals surface area (Å²) < 4.78 is 5.81. The molecule has 3 nitrogen and oxygen atoms in total. The summed E-state index contributed by atoms with van der Waals surface area (Å²) in [6, 6.07) is 11.4. The number of hydrogen-bond acceptors (Lipinski definition) is 3. The lowest BCUT2D eigenvalue weighted by molar-refractivity contribution is 0.590. The number of halogens is 1. The molecule has 0 bridgehead atoms. The zero-order valence-corrected chi connectivity index (χ0v) is 13.0. The quantitative estimate of drug-likeness (QED) is 0.641. The smallest absolute Gasteiger partial charge is 0.228 e. The van der Waals surface area contributed by atoms with Crippen molar-refractivity contribution >= 4 is 28.4 Å². The third-order valence-corrected chi connectivity index (χ3v) is 3.79. The Labute approximate surface area is 128 Å². The number of anilines is 1. The van der Waals surface area contributed by atoms with E-state index < -0.39 is 0 Å². The van der Waals surface area contributed by atoms with Crippen molar-refractivity contribution in [3.63, 3.8) is 0 Å². The summed E-state index contributed by atoms with van der Waals surface area (Å²) >= 11 is 6.22. The minimum Gasteiger partial charge on any atom is -0.436 e. The number of fused-ring (bicyclic) bond motifs is 1. The van der Waals surface area contributed by atoms with Gasteiger partial charge in [0.05, 0.1) is 10.6 Å². The van der Waals surface area contributed by atoms with E-state index in [1.807, 2.05) is 12.1 Å². The van der Waals surface area contributed by atoms with Crippen LogP contribution in [0.25, 0.3) is 22.6 Å². The monoisotopic (exact) mass is 300 g/mol. The minimum atomic E-state index is 0.0755. The van der Waals surface area contributed by atoms with E-state index >= 15 is 0 Å². The Balaban J connectivity index is 2.13. The van der Waals surface area contributed by atoms with Crippen LogP contribution in [0.2, 0.25) is 5.02 Å². The molecular formula is C17H17ClN2O. The topological polar surface area (TPSA) is 52.0 Å². The number of oxazole rings is 1. The molecule has 0 aliphatic heterocycles. The Hall–Kier alpha value is -2.00. The van der Waals surface area contributed by atoms with E-state index in [-0.39, 0.29) is 5.41 Å². The summed E-state index contributed by atoms with van der Waals surface area (Å²) in [4.78, 5) is 4.56. The summed E-state index contributed by atoms with van der Waals surface area (Å²) in [7, 11) is 0. The van der Waals surface area contributed by atoms with Crippen LogP contribution in [0.4, 0.5) is 5.69 Å². The fourth-order valence-electron chi connectivity index (χ4n) is 2.21. The first kappa shape index (κ1) is 14.0. The molecule has 0 amide bonds. The molecule has 2 N–H and O–H groups in total. The van der Waals surface area contributed by atoms with Gasteiger partial charge in [-0.25, -0.2) is 4.98 Å². The molecule has 1 heterocycles. The van der Waals surface area contributed by atoms with Crippen LogP contribution in [0.15, 0.2) is 40.8 Å². The zero-order valence-electron chi connectivity index (χ0n) is 12.3. The van der Waals surface area contributed by atoms with Crippen molar-refractivity contribution in [2.24, 2.45) is 0 Å². The first-order valence-electron chi connectivity index (χ1n) is 6.81. The van der Waals surface area contributed by atoms with E-state index in [1.54, 1.807) is 12.1 Å². The van der Waals surface area contributed by atoms with Crippen molar-refractivity contribution in [1.82, 2.24) is 4.98 Å². The van der Waals surface area contributed by atoms with Crippen molar-refractivity contribution in [1.29, 1.82) is 0 Å². The van der Waals surface area contributed by atoms with E-state index in [4.69, 9.17) is 21.8 Å². The third-order valence-electron chi connectivity index (χ3n) is 3.48. The van der Waals surface area contributed by atoms with Gasteiger partial charge >= 0.3 is 0 Å². The highest BCUT2D eigenvalue weighted by atomic mass is 35.5. The summed E-state index contributed by atoms with van der Waals surface area (Å²) in [6.45, 7) is 6.52. The molecule has 3 aromatic rings. The predicted molar refractivity (Wildman–Crippen MR) is 87.6 cm³/mol. The van der Waals surface area contributed by atoms with Crippen molar-refractivity contribution in [2.45, 2.75) is 26.2 Å². The van der Waals surface area contributed by atoms with Crippen LogP contribution in [0.1, 0.15) is 26.3 Å². The molecule has 0 atom stereocenters. The second-order valence-electron chi connectivity index (χ2n) is 6.19. The van der Waals surface area contributed by atoms with Crippen LogP contribution in [-0.2, 0) is 5.41 Å². The van der Waals surface area contributed by atoms with Crippen molar-refractivity contribution < 1.29 is 4.42 Å². The Morgan fingerprint density at radius 3 is 2.52 bits per heavy atom. The van der Waals surface area contributed by atoms with Crippen LogP contribution in [0.5, 0.6) is 0 Å². The number of nitrogens with two attached hydrogens (primary N) is 1. The lowest BCUT2D eigenvalue weighted by Crippen LogP contribution is -2.10. The maximum atomic E-state index is 6.22. The van der Waals surface area contributed by atoms with Crippen molar-refractivity contribution in [3.05, 3.63) is 47.0 Å². The molecule has 0 spiro atoms. The molecule has 0 aliphatic rings. The fourth-order valence-corrected chi connectivity index (χ4v) is 2.48. The Kier molecular flexibility index (Phi) is 3.18. The summed E-state index contributed by atoms with van der Waals surface area (Å²) in [5.74, 6) is 0.515. The van der Waals surface area contributed by atoms with Gasteiger partial charge in [0.1, 0.15) is 5.52 Å². The molecule has 4 heteroatoms. The molecule has 108 valence electrons. The number of rotatable bonds is 1. The van der Waals surface area contributed by atoms with Gasteiger partial charge in [-0.2, -0.15) is 0 Å². The maximum absolute atomic E-state index is 6.22. The van der Waals surface area contributed by atoms with Gasteiger partial charge in [-0.15, -0.1) is 0 Å². The van der Waals surface area contributed by atoms with E-state index in [0.717, 1.165) is 16.7 Å². The van der Waals surface area contributed by atoms with Gasteiger partial charge in [-0.1, -0.05) is 38.4 Å².